The second-order valence-electron chi connectivity index (χ2n) is 3.86. The Morgan fingerprint density at radius 1 is 1.65 bits per heavy atom. The average Bonchev–Trinajstić information content (AvgIpc) is 2.32. The molecular weight excluding hydrogens is 298 g/mol. The van der Waals surface area contributed by atoms with Gasteiger partial charge >= 0.3 is 0 Å². The SMILES string of the molecule is CCNC(C)(C#N)CCSc1ncccc1Br. The lowest BCUT2D eigenvalue weighted by atomic mass is 10.0. The molecule has 0 aliphatic heterocycles. The summed E-state index contributed by atoms with van der Waals surface area (Å²) >= 11 is 5.13. The Morgan fingerprint density at radius 3 is 3.00 bits per heavy atom. The van der Waals surface area contributed by atoms with E-state index in [-0.39, 0.29) is 0 Å². The van der Waals surface area contributed by atoms with Crippen LogP contribution >= 0.6 is 27.7 Å². The molecule has 1 unspecified atom stereocenters. The van der Waals surface area contributed by atoms with E-state index < -0.39 is 5.54 Å². The van der Waals surface area contributed by atoms with Gasteiger partial charge in [0.15, 0.2) is 0 Å². The van der Waals surface area contributed by atoms with Gasteiger partial charge in [-0.05, 0) is 48.0 Å². The van der Waals surface area contributed by atoms with E-state index in [0.717, 1.165) is 28.2 Å². The van der Waals surface area contributed by atoms with Gasteiger partial charge in [-0.1, -0.05) is 6.92 Å². The van der Waals surface area contributed by atoms with Crippen molar-refractivity contribution in [2.24, 2.45) is 0 Å². The number of thioether (sulfide) groups is 1. The van der Waals surface area contributed by atoms with Crippen molar-refractivity contribution in [1.29, 1.82) is 5.26 Å². The van der Waals surface area contributed by atoms with E-state index in [0.29, 0.717) is 0 Å². The fourth-order valence-electron chi connectivity index (χ4n) is 1.40. The molecular formula is C12H16BrN3S. The minimum atomic E-state index is -0.441. The quantitative estimate of drug-likeness (QED) is 0.819. The normalized spacial score (nSPS) is 14.0. The first-order valence-electron chi connectivity index (χ1n) is 5.51. The molecule has 1 N–H and O–H groups in total. The number of nitrogens with zero attached hydrogens (tertiary/aromatic N) is 2. The molecule has 1 heterocycles. The van der Waals surface area contributed by atoms with Crippen molar-refractivity contribution >= 4 is 27.7 Å². The van der Waals surface area contributed by atoms with Gasteiger partial charge in [-0.25, -0.2) is 4.98 Å². The number of nitriles is 1. The smallest absolute Gasteiger partial charge is 0.110 e. The van der Waals surface area contributed by atoms with Crippen LogP contribution in [-0.2, 0) is 0 Å². The maximum absolute atomic E-state index is 9.12. The summed E-state index contributed by atoms with van der Waals surface area (Å²) in [5.41, 5.74) is -0.441. The molecule has 1 aromatic rings. The molecule has 1 atom stereocenters. The predicted octanol–water partition coefficient (Wildman–Crippen LogP) is 3.22. The fourth-order valence-corrected chi connectivity index (χ4v) is 3.05. The average molecular weight is 314 g/mol. The Morgan fingerprint density at radius 2 is 2.41 bits per heavy atom. The summed E-state index contributed by atoms with van der Waals surface area (Å²) in [6, 6.07) is 6.19. The topological polar surface area (TPSA) is 48.7 Å². The Balaban J connectivity index is 2.48. The number of pyridine rings is 1. The first-order chi connectivity index (χ1) is 8.11. The van der Waals surface area contributed by atoms with Crippen molar-refractivity contribution in [2.45, 2.75) is 30.8 Å². The lowest BCUT2D eigenvalue weighted by Gasteiger charge is -2.21. The van der Waals surface area contributed by atoms with E-state index in [9.17, 15) is 0 Å². The molecule has 17 heavy (non-hydrogen) atoms. The monoisotopic (exact) mass is 313 g/mol. The van der Waals surface area contributed by atoms with Crippen LogP contribution in [0.25, 0.3) is 0 Å². The maximum atomic E-state index is 9.12. The first kappa shape index (κ1) is 14.5. The lowest BCUT2D eigenvalue weighted by molar-refractivity contribution is 0.450. The Kier molecular flexibility index (Phi) is 5.96. The molecule has 1 rings (SSSR count). The molecule has 0 aliphatic rings. The van der Waals surface area contributed by atoms with Crippen molar-refractivity contribution in [2.75, 3.05) is 12.3 Å². The molecule has 0 amide bonds. The molecule has 0 fully saturated rings. The summed E-state index contributed by atoms with van der Waals surface area (Å²) < 4.78 is 1.01. The van der Waals surface area contributed by atoms with Gasteiger partial charge in [-0.15, -0.1) is 11.8 Å². The highest BCUT2D eigenvalue weighted by Gasteiger charge is 2.21. The Labute approximate surface area is 115 Å². The second kappa shape index (κ2) is 7.00. The number of halogens is 1. The predicted molar refractivity (Wildman–Crippen MR) is 75.0 cm³/mol. The molecule has 0 bridgehead atoms. The lowest BCUT2D eigenvalue weighted by Crippen LogP contribution is -2.41. The third kappa shape index (κ3) is 4.66. The van der Waals surface area contributed by atoms with E-state index in [1.165, 1.54) is 0 Å². The molecule has 0 aromatic carbocycles. The highest BCUT2D eigenvalue weighted by Crippen LogP contribution is 2.26. The summed E-state index contributed by atoms with van der Waals surface area (Å²) in [5, 5.41) is 13.3. The number of aromatic nitrogens is 1. The van der Waals surface area contributed by atoms with Crippen molar-refractivity contribution in [1.82, 2.24) is 10.3 Å². The number of hydrogen-bond acceptors (Lipinski definition) is 4. The van der Waals surface area contributed by atoms with Gasteiger partial charge in [0.2, 0.25) is 0 Å². The van der Waals surface area contributed by atoms with Crippen LogP contribution in [0, 0.1) is 11.3 Å². The second-order valence-corrected chi connectivity index (χ2v) is 5.80. The van der Waals surface area contributed by atoms with E-state index >= 15 is 0 Å². The number of hydrogen-bond donors (Lipinski definition) is 1. The van der Waals surface area contributed by atoms with Crippen LogP contribution in [0.4, 0.5) is 0 Å². The van der Waals surface area contributed by atoms with Gasteiger partial charge in [0.1, 0.15) is 10.6 Å². The van der Waals surface area contributed by atoms with E-state index in [1.807, 2.05) is 26.0 Å². The maximum Gasteiger partial charge on any atom is 0.110 e. The van der Waals surface area contributed by atoms with Crippen molar-refractivity contribution in [3.05, 3.63) is 22.8 Å². The zero-order chi connectivity index (χ0) is 12.7. The molecule has 5 heteroatoms. The summed E-state index contributed by atoms with van der Waals surface area (Å²) in [5.74, 6) is 0.868. The van der Waals surface area contributed by atoms with Gasteiger partial charge in [0, 0.05) is 16.4 Å². The van der Waals surface area contributed by atoms with Crippen LogP contribution < -0.4 is 5.32 Å². The first-order valence-corrected chi connectivity index (χ1v) is 7.29. The van der Waals surface area contributed by atoms with Crippen LogP contribution in [0.15, 0.2) is 27.8 Å². The summed E-state index contributed by atoms with van der Waals surface area (Å²) in [6.45, 7) is 4.75. The van der Waals surface area contributed by atoms with Crippen LogP contribution in [0.2, 0.25) is 0 Å². The zero-order valence-electron chi connectivity index (χ0n) is 10.0. The third-order valence-corrected chi connectivity index (χ3v) is 4.29. The summed E-state index contributed by atoms with van der Waals surface area (Å²) in [6.07, 6.45) is 2.58. The standard InChI is InChI=1S/C12H16BrN3S/c1-3-16-12(2,9-14)6-8-17-11-10(13)5-4-7-15-11/h4-5,7,16H,3,6,8H2,1-2H3. The van der Waals surface area contributed by atoms with Crippen molar-refractivity contribution in [3.8, 4) is 6.07 Å². The minimum Gasteiger partial charge on any atom is -0.300 e. The van der Waals surface area contributed by atoms with Gasteiger partial charge < -0.3 is 0 Å². The summed E-state index contributed by atoms with van der Waals surface area (Å²) in [7, 11) is 0. The number of nitrogens with one attached hydrogen (secondary N) is 1. The molecule has 1 aromatic heterocycles. The largest absolute Gasteiger partial charge is 0.300 e. The Bertz CT molecular complexity index is 405. The molecule has 3 nitrogen and oxygen atoms in total. The minimum absolute atomic E-state index is 0.441. The van der Waals surface area contributed by atoms with Gasteiger partial charge in [0.25, 0.3) is 0 Å². The number of rotatable bonds is 6. The van der Waals surface area contributed by atoms with E-state index in [2.05, 4.69) is 32.3 Å². The highest BCUT2D eigenvalue weighted by atomic mass is 79.9. The van der Waals surface area contributed by atoms with Crippen molar-refractivity contribution in [3.63, 3.8) is 0 Å². The van der Waals surface area contributed by atoms with Gasteiger partial charge in [-0.2, -0.15) is 5.26 Å². The molecule has 0 radical (unpaired) electrons. The zero-order valence-corrected chi connectivity index (χ0v) is 12.4. The fraction of sp³-hybridized carbons (Fsp3) is 0.500. The molecule has 92 valence electrons. The van der Waals surface area contributed by atoms with Crippen LogP contribution in [-0.4, -0.2) is 22.8 Å². The van der Waals surface area contributed by atoms with Crippen LogP contribution in [0.3, 0.4) is 0 Å². The van der Waals surface area contributed by atoms with Crippen LogP contribution in [0.5, 0.6) is 0 Å². The highest BCUT2D eigenvalue weighted by molar-refractivity contribution is 9.10. The molecule has 0 aliphatic carbocycles. The molecule has 0 saturated heterocycles. The summed E-state index contributed by atoms with van der Waals surface area (Å²) in [4.78, 5) is 4.28. The van der Waals surface area contributed by atoms with Crippen LogP contribution in [0.1, 0.15) is 20.3 Å². The van der Waals surface area contributed by atoms with E-state index in [4.69, 9.17) is 5.26 Å². The Hall–Kier alpha value is -0.570. The van der Waals surface area contributed by atoms with Crippen molar-refractivity contribution < 1.29 is 0 Å². The van der Waals surface area contributed by atoms with E-state index in [1.54, 1.807) is 18.0 Å². The third-order valence-electron chi connectivity index (χ3n) is 2.38. The molecule has 0 spiro atoms. The molecule has 0 saturated carbocycles. The van der Waals surface area contributed by atoms with Gasteiger partial charge in [-0.3, -0.25) is 5.32 Å². The van der Waals surface area contributed by atoms with Gasteiger partial charge in [0.05, 0.1) is 6.07 Å².